The molecule has 5 rings (SSSR count). The number of para-hydroxylation sites is 1. The fourth-order valence-electron chi connectivity index (χ4n) is 5.44. The first-order chi connectivity index (χ1) is 23.2. The van der Waals surface area contributed by atoms with Crippen LogP contribution in [-0.2, 0) is 12.1 Å². The third-order valence-corrected chi connectivity index (χ3v) is 10.1. The summed E-state index contributed by atoms with van der Waals surface area (Å²) in [6, 6.07) is 15.9. The number of carbonyl (C=O) groups is 1. The standard InChI is InChI=1S/C35H45ClN4O7S/c36-28-10-9-24(48-16-4-3-14-38-34(46)39-20-29(42)32(44)33(45)30(43)21-41)17-22(28)18-40-35(12-13-35)27-19-37-15-11-25(27)26-5-1-2-6-31(26)47-23-7-8-23/h1-2,5-6,9-11,15,17,19,23,29-30,32-33,40-45H,3-4,7-8,12-14,16,18,20-21H2,(H2,38,39,46). The van der Waals surface area contributed by atoms with E-state index in [1.54, 1.807) is 11.8 Å². The van der Waals surface area contributed by atoms with Gasteiger partial charge in [-0.3, -0.25) is 4.98 Å². The lowest BCUT2D eigenvalue weighted by Gasteiger charge is -2.25. The molecule has 4 atom stereocenters. The van der Waals surface area contributed by atoms with Crippen molar-refractivity contribution in [1.82, 2.24) is 20.9 Å². The minimum atomic E-state index is -1.74. The van der Waals surface area contributed by atoms with Crippen molar-refractivity contribution in [3.05, 3.63) is 77.1 Å². The van der Waals surface area contributed by atoms with Gasteiger partial charge in [-0.1, -0.05) is 29.8 Å². The zero-order valence-corrected chi connectivity index (χ0v) is 28.3. The lowest BCUT2D eigenvalue weighted by atomic mass is 9.94. The molecule has 1 aromatic heterocycles. The van der Waals surface area contributed by atoms with Crippen molar-refractivity contribution < 1.29 is 35.1 Å². The molecular formula is C35H45ClN4O7S. The molecule has 8 N–H and O–H groups in total. The van der Waals surface area contributed by atoms with Crippen LogP contribution in [0.5, 0.6) is 5.75 Å². The molecule has 1 heterocycles. The SMILES string of the molecule is O=C(NCCCCSc1ccc(Cl)c(CNC2(c3cnccc3-c3ccccc3OC3CC3)CC2)c1)NCC(O)C(O)C(O)C(O)CO. The number of carbonyl (C=O) groups excluding carboxylic acids is 1. The molecule has 11 nitrogen and oxygen atoms in total. The minimum absolute atomic E-state index is 0.177. The van der Waals surface area contributed by atoms with Gasteiger partial charge in [-0.15, -0.1) is 11.8 Å². The third kappa shape index (κ3) is 9.82. The Morgan fingerprint density at radius 3 is 2.52 bits per heavy atom. The number of amides is 2. The summed E-state index contributed by atoms with van der Waals surface area (Å²) < 4.78 is 6.24. The van der Waals surface area contributed by atoms with Crippen LogP contribution in [0.4, 0.5) is 4.79 Å². The topological polar surface area (TPSA) is 176 Å². The van der Waals surface area contributed by atoms with Crippen LogP contribution in [0.2, 0.25) is 5.02 Å². The molecule has 3 aromatic rings. The number of nitrogens with one attached hydrogen (secondary N) is 3. The van der Waals surface area contributed by atoms with Crippen LogP contribution in [-0.4, -0.2) is 92.5 Å². The zero-order valence-electron chi connectivity index (χ0n) is 26.7. The van der Waals surface area contributed by atoms with Crippen LogP contribution in [0.3, 0.4) is 0 Å². The Labute approximate surface area is 290 Å². The van der Waals surface area contributed by atoms with E-state index in [0.717, 1.165) is 71.6 Å². The summed E-state index contributed by atoms with van der Waals surface area (Å²) in [4.78, 5) is 17.6. The Bertz CT molecular complexity index is 1510. The summed E-state index contributed by atoms with van der Waals surface area (Å²) in [6.45, 7) is -0.0652. The molecule has 13 heteroatoms. The quantitative estimate of drug-likeness (QED) is 0.0684. The van der Waals surface area contributed by atoms with Crippen LogP contribution in [0, 0.1) is 0 Å². The van der Waals surface area contributed by atoms with Crippen molar-refractivity contribution in [2.45, 2.75) is 86.0 Å². The molecule has 0 bridgehead atoms. The van der Waals surface area contributed by atoms with Gasteiger partial charge in [-0.25, -0.2) is 4.79 Å². The Hall–Kier alpha value is -2.94. The number of benzene rings is 2. The number of thioether (sulfide) groups is 1. The Morgan fingerprint density at radius 1 is 1.00 bits per heavy atom. The first-order valence-corrected chi connectivity index (χ1v) is 17.8. The molecule has 2 saturated carbocycles. The van der Waals surface area contributed by atoms with E-state index in [1.165, 1.54) is 5.56 Å². The van der Waals surface area contributed by atoms with E-state index in [-0.39, 0.29) is 12.1 Å². The Kier molecular flexibility index (Phi) is 13.0. The van der Waals surface area contributed by atoms with E-state index >= 15 is 0 Å². The molecule has 2 aromatic carbocycles. The minimum Gasteiger partial charge on any atom is -0.490 e. The highest BCUT2D eigenvalue weighted by Gasteiger charge is 2.46. The van der Waals surface area contributed by atoms with Gasteiger partial charge in [-0.2, -0.15) is 0 Å². The lowest BCUT2D eigenvalue weighted by Crippen LogP contribution is -2.50. The first kappa shape index (κ1) is 36.3. The van der Waals surface area contributed by atoms with Gasteiger partial charge in [0.15, 0.2) is 0 Å². The summed E-state index contributed by atoms with van der Waals surface area (Å²) >= 11 is 8.36. The highest BCUT2D eigenvalue weighted by Crippen LogP contribution is 2.50. The van der Waals surface area contributed by atoms with Gasteiger partial charge in [0, 0.05) is 53.0 Å². The lowest BCUT2D eigenvalue weighted by molar-refractivity contribution is -0.113. The van der Waals surface area contributed by atoms with Crippen molar-refractivity contribution in [2.24, 2.45) is 0 Å². The van der Waals surface area contributed by atoms with Crippen molar-refractivity contribution in [3.8, 4) is 16.9 Å². The number of hydrogen-bond donors (Lipinski definition) is 8. The van der Waals surface area contributed by atoms with Crippen LogP contribution < -0.4 is 20.7 Å². The summed E-state index contributed by atoms with van der Waals surface area (Å²) in [6.07, 6.45) is 3.37. The van der Waals surface area contributed by atoms with E-state index in [0.29, 0.717) is 24.2 Å². The predicted molar refractivity (Wildman–Crippen MR) is 185 cm³/mol. The number of ether oxygens (including phenoxy) is 1. The number of aromatic nitrogens is 1. The summed E-state index contributed by atoms with van der Waals surface area (Å²) in [5.74, 6) is 1.76. The van der Waals surface area contributed by atoms with E-state index in [4.69, 9.17) is 21.4 Å². The molecule has 260 valence electrons. The number of aliphatic hydroxyl groups is 5. The Balaban J connectivity index is 1.06. The van der Waals surface area contributed by atoms with Gasteiger partial charge in [0.25, 0.3) is 0 Å². The number of unbranched alkanes of at least 4 members (excludes halogenated alkanes) is 1. The number of nitrogens with zero attached hydrogens (tertiary/aromatic N) is 1. The van der Waals surface area contributed by atoms with E-state index < -0.39 is 37.1 Å². The molecule has 2 fully saturated rings. The molecule has 2 aliphatic rings. The number of halogens is 1. The normalized spacial score (nSPS) is 17.6. The van der Waals surface area contributed by atoms with Crippen molar-refractivity contribution in [1.29, 1.82) is 0 Å². The highest BCUT2D eigenvalue weighted by molar-refractivity contribution is 7.99. The van der Waals surface area contributed by atoms with Crippen LogP contribution >= 0.6 is 23.4 Å². The second kappa shape index (κ2) is 17.1. The average molecular weight is 701 g/mol. The monoisotopic (exact) mass is 700 g/mol. The van der Waals surface area contributed by atoms with Crippen LogP contribution in [0.15, 0.2) is 65.8 Å². The maximum Gasteiger partial charge on any atom is 0.314 e. The smallest absolute Gasteiger partial charge is 0.314 e. The fraction of sp³-hybridized carbons (Fsp3) is 0.486. The molecule has 0 saturated heterocycles. The largest absolute Gasteiger partial charge is 0.490 e. The summed E-state index contributed by atoms with van der Waals surface area (Å²) in [5, 5.41) is 57.3. The number of pyridine rings is 1. The van der Waals surface area contributed by atoms with Gasteiger partial charge in [0.1, 0.15) is 24.1 Å². The third-order valence-electron chi connectivity index (χ3n) is 8.64. The zero-order chi connectivity index (χ0) is 34.1. The van der Waals surface area contributed by atoms with Crippen molar-refractivity contribution in [3.63, 3.8) is 0 Å². The van der Waals surface area contributed by atoms with Crippen LogP contribution in [0.1, 0.15) is 49.7 Å². The molecule has 0 radical (unpaired) electrons. The molecular weight excluding hydrogens is 656 g/mol. The molecule has 2 amide bonds. The second-order valence-electron chi connectivity index (χ2n) is 12.4. The number of rotatable bonds is 19. The predicted octanol–water partition coefficient (Wildman–Crippen LogP) is 3.33. The van der Waals surface area contributed by atoms with E-state index in [1.807, 2.05) is 42.7 Å². The van der Waals surface area contributed by atoms with E-state index in [2.05, 4.69) is 39.1 Å². The number of urea groups is 1. The summed E-state index contributed by atoms with van der Waals surface area (Å²) in [5.41, 5.74) is 4.25. The molecule has 4 unspecified atom stereocenters. The average Bonchev–Trinajstić information content (AvgIpc) is 4.05. The van der Waals surface area contributed by atoms with Gasteiger partial charge in [-0.05, 0) is 91.3 Å². The number of hydrogen-bond acceptors (Lipinski definition) is 10. The highest BCUT2D eigenvalue weighted by atomic mass is 35.5. The molecule has 0 aliphatic heterocycles. The molecule has 2 aliphatic carbocycles. The second-order valence-corrected chi connectivity index (χ2v) is 14.0. The Morgan fingerprint density at radius 2 is 1.77 bits per heavy atom. The maximum absolute atomic E-state index is 12.0. The van der Waals surface area contributed by atoms with Crippen molar-refractivity contribution in [2.75, 3.05) is 25.4 Å². The van der Waals surface area contributed by atoms with Crippen LogP contribution in [0.25, 0.3) is 11.1 Å². The first-order valence-electron chi connectivity index (χ1n) is 16.4. The van der Waals surface area contributed by atoms with E-state index in [9.17, 15) is 25.2 Å². The van der Waals surface area contributed by atoms with Gasteiger partial charge < -0.3 is 46.2 Å². The van der Waals surface area contributed by atoms with Gasteiger partial charge in [0.2, 0.25) is 0 Å². The summed E-state index contributed by atoms with van der Waals surface area (Å²) in [7, 11) is 0. The van der Waals surface area contributed by atoms with Gasteiger partial charge >= 0.3 is 6.03 Å². The maximum atomic E-state index is 12.0. The van der Waals surface area contributed by atoms with Gasteiger partial charge in [0.05, 0.1) is 18.8 Å². The fourth-order valence-corrected chi connectivity index (χ4v) is 6.60. The van der Waals surface area contributed by atoms with Crippen molar-refractivity contribution >= 4 is 29.4 Å². The number of aliphatic hydroxyl groups excluding tert-OH is 5. The molecule has 48 heavy (non-hydrogen) atoms. The molecule has 0 spiro atoms.